The van der Waals surface area contributed by atoms with Crippen molar-refractivity contribution in [1.29, 1.82) is 0 Å². The number of hydrogen-bond donors (Lipinski definition) is 2. The number of nitrogens with one attached hydrogen (secondary N) is 2. The second-order valence-electron chi connectivity index (χ2n) is 9.32. The highest BCUT2D eigenvalue weighted by Gasteiger charge is 2.55. The first-order valence-corrected chi connectivity index (χ1v) is 11.3. The minimum atomic E-state index is -0.907. The zero-order chi connectivity index (χ0) is 23.0. The first-order chi connectivity index (χ1) is 15.2. The Balaban J connectivity index is 1.41. The number of carbonyl (C=O) groups excluding carboxylic acids is 3. The van der Waals surface area contributed by atoms with Gasteiger partial charge < -0.3 is 20.3 Å². The van der Waals surface area contributed by atoms with E-state index in [1.807, 2.05) is 25.7 Å². The van der Waals surface area contributed by atoms with Crippen LogP contribution in [0.25, 0.3) is 0 Å². The SMILES string of the molecule is CC1CN(c2ccc(NC(=O)CN3C(=O)NC4(CCCCC4C)C3=O)cc2F)CC(C)O1. The Hall–Kier alpha value is -2.68. The summed E-state index contributed by atoms with van der Waals surface area (Å²) in [6, 6.07) is 3.96. The van der Waals surface area contributed by atoms with Crippen LogP contribution in [0.2, 0.25) is 0 Å². The van der Waals surface area contributed by atoms with E-state index in [9.17, 15) is 18.8 Å². The van der Waals surface area contributed by atoms with Crippen LogP contribution in [-0.4, -0.2) is 60.1 Å². The number of imide groups is 1. The lowest BCUT2D eigenvalue weighted by Gasteiger charge is -2.37. The van der Waals surface area contributed by atoms with Crippen LogP contribution in [-0.2, 0) is 14.3 Å². The smallest absolute Gasteiger partial charge is 0.325 e. The third-order valence-corrected chi connectivity index (χ3v) is 6.79. The van der Waals surface area contributed by atoms with Crippen molar-refractivity contribution in [2.24, 2.45) is 5.92 Å². The first-order valence-electron chi connectivity index (χ1n) is 11.3. The maximum absolute atomic E-state index is 14.8. The molecule has 8 nitrogen and oxygen atoms in total. The number of ether oxygens (including phenoxy) is 1. The zero-order valence-electron chi connectivity index (χ0n) is 18.8. The second kappa shape index (κ2) is 8.69. The van der Waals surface area contributed by atoms with Gasteiger partial charge in [-0.2, -0.15) is 0 Å². The Labute approximate surface area is 187 Å². The van der Waals surface area contributed by atoms with Crippen LogP contribution >= 0.6 is 0 Å². The van der Waals surface area contributed by atoms with Crippen LogP contribution in [0.15, 0.2) is 18.2 Å². The number of rotatable bonds is 4. The molecule has 2 aliphatic heterocycles. The molecule has 1 aromatic carbocycles. The van der Waals surface area contributed by atoms with E-state index in [2.05, 4.69) is 10.6 Å². The largest absolute Gasteiger partial charge is 0.372 e. The summed E-state index contributed by atoms with van der Waals surface area (Å²) in [6.45, 7) is 6.62. The molecule has 4 amide bonds. The molecular weight excluding hydrogens is 415 g/mol. The average molecular weight is 447 g/mol. The Morgan fingerprint density at radius 2 is 1.94 bits per heavy atom. The number of urea groups is 1. The Morgan fingerprint density at radius 3 is 2.59 bits per heavy atom. The summed E-state index contributed by atoms with van der Waals surface area (Å²) in [4.78, 5) is 40.9. The highest BCUT2D eigenvalue weighted by atomic mass is 19.1. The quantitative estimate of drug-likeness (QED) is 0.694. The highest BCUT2D eigenvalue weighted by Crippen LogP contribution is 2.38. The van der Waals surface area contributed by atoms with Gasteiger partial charge in [-0.3, -0.25) is 14.5 Å². The summed E-state index contributed by atoms with van der Waals surface area (Å²) in [5.41, 5.74) is -0.179. The standard InChI is InChI=1S/C23H31FN4O4/c1-14-6-4-5-9-23(14)21(30)28(22(31)26-23)13-20(29)25-17-7-8-19(18(24)10-17)27-11-15(2)32-16(3)12-27/h7-8,10,14-16H,4-6,9,11-13H2,1-3H3,(H,25,29)(H,26,31). The van der Waals surface area contributed by atoms with E-state index in [1.54, 1.807) is 12.1 Å². The molecule has 3 fully saturated rings. The number of hydrogen-bond acceptors (Lipinski definition) is 5. The Bertz CT molecular complexity index is 915. The molecular formula is C23H31FN4O4. The lowest BCUT2D eigenvalue weighted by atomic mass is 9.73. The van der Waals surface area contributed by atoms with Crippen molar-refractivity contribution in [3.8, 4) is 0 Å². The van der Waals surface area contributed by atoms with E-state index >= 15 is 0 Å². The summed E-state index contributed by atoms with van der Waals surface area (Å²) < 4.78 is 20.5. The normalized spacial score (nSPS) is 30.6. The molecule has 0 radical (unpaired) electrons. The van der Waals surface area contributed by atoms with Gasteiger partial charge in [0.1, 0.15) is 17.9 Å². The molecule has 9 heteroatoms. The maximum atomic E-state index is 14.8. The molecule has 2 heterocycles. The molecule has 1 spiro atoms. The third kappa shape index (κ3) is 4.18. The van der Waals surface area contributed by atoms with Crippen LogP contribution in [0.5, 0.6) is 0 Å². The Kier molecular flexibility index (Phi) is 6.11. The van der Waals surface area contributed by atoms with Crippen molar-refractivity contribution < 1.29 is 23.5 Å². The minimum Gasteiger partial charge on any atom is -0.372 e. The number of anilines is 2. The number of morpholine rings is 1. The fourth-order valence-electron chi connectivity index (χ4n) is 5.20. The van der Waals surface area contributed by atoms with E-state index in [0.29, 0.717) is 25.2 Å². The fraction of sp³-hybridized carbons (Fsp3) is 0.609. The van der Waals surface area contributed by atoms with Crippen LogP contribution < -0.4 is 15.5 Å². The van der Waals surface area contributed by atoms with Crippen LogP contribution in [0.3, 0.4) is 0 Å². The zero-order valence-corrected chi connectivity index (χ0v) is 18.8. The summed E-state index contributed by atoms with van der Waals surface area (Å²) in [5.74, 6) is -1.32. The maximum Gasteiger partial charge on any atom is 0.325 e. The average Bonchev–Trinajstić information content (AvgIpc) is 2.94. The summed E-state index contributed by atoms with van der Waals surface area (Å²) in [7, 11) is 0. The van der Waals surface area contributed by atoms with E-state index in [4.69, 9.17) is 4.74 Å². The number of benzene rings is 1. The Morgan fingerprint density at radius 1 is 1.22 bits per heavy atom. The van der Waals surface area contributed by atoms with Gasteiger partial charge in [-0.05, 0) is 50.8 Å². The molecule has 4 atom stereocenters. The van der Waals surface area contributed by atoms with E-state index < -0.39 is 29.8 Å². The summed E-state index contributed by atoms with van der Waals surface area (Å²) in [6.07, 6.45) is 3.33. The second-order valence-corrected chi connectivity index (χ2v) is 9.32. The van der Waals surface area contributed by atoms with Crippen molar-refractivity contribution >= 4 is 29.2 Å². The monoisotopic (exact) mass is 446 g/mol. The molecule has 1 aromatic rings. The fourth-order valence-corrected chi connectivity index (χ4v) is 5.20. The lowest BCUT2D eigenvalue weighted by molar-refractivity contribution is -0.136. The number of amides is 4. The summed E-state index contributed by atoms with van der Waals surface area (Å²) in [5, 5.41) is 5.43. The third-order valence-electron chi connectivity index (χ3n) is 6.79. The number of nitrogens with zero attached hydrogens (tertiary/aromatic N) is 2. The summed E-state index contributed by atoms with van der Waals surface area (Å²) >= 11 is 0. The molecule has 1 aliphatic carbocycles. The molecule has 4 unspecified atom stereocenters. The molecule has 32 heavy (non-hydrogen) atoms. The van der Waals surface area contributed by atoms with Crippen LogP contribution in [0, 0.1) is 11.7 Å². The van der Waals surface area contributed by atoms with Crippen molar-refractivity contribution in [3.63, 3.8) is 0 Å². The van der Waals surface area contributed by atoms with Crippen LogP contribution in [0.1, 0.15) is 46.5 Å². The van der Waals surface area contributed by atoms with Crippen molar-refractivity contribution in [3.05, 3.63) is 24.0 Å². The van der Waals surface area contributed by atoms with Gasteiger partial charge in [0.05, 0.1) is 17.9 Å². The van der Waals surface area contributed by atoms with E-state index in [-0.39, 0.29) is 29.7 Å². The van der Waals surface area contributed by atoms with Gasteiger partial charge in [-0.1, -0.05) is 19.8 Å². The molecule has 2 N–H and O–H groups in total. The van der Waals surface area contributed by atoms with Gasteiger partial charge in [0.15, 0.2) is 0 Å². The van der Waals surface area contributed by atoms with Gasteiger partial charge in [0.25, 0.3) is 5.91 Å². The van der Waals surface area contributed by atoms with Crippen LogP contribution in [0.4, 0.5) is 20.6 Å². The lowest BCUT2D eigenvalue weighted by Crippen LogP contribution is -2.54. The predicted molar refractivity (Wildman–Crippen MR) is 118 cm³/mol. The topological polar surface area (TPSA) is 91.0 Å². The molecule has 174 valence electrons. The molecule has 1 saturated carbocycles. The number of halogens is 1. The van der Waals surface area contributed by atoms with Gasteiger partial charge in [0.2, 0.25) is 5.91 Å². The van der Waals surface area contributed by atoms with Gasteiger partial charge in [0, 0.05) is 18.8 Å². The highest BCUT2D eigenvalue weighted by molar-refractivity contribution is 6.10. The van der Waals surface area contributed by atoms with Crippen molar-refractivity contribution in [2.45, 2.75) is 64.2 Å². The van der Waals surface area contributed by atoms with Crippen molar-refractivity contribution in [1.82, 2.24) is 10.2 Å². The molecule has 0 aromatic heterocycles. The number of carbonyl (C=O) groups is 3. The van der Waals surface area contributed by atoms with E-state index in [1.165, 1.54) is 6.07 Å². The molecule has 0 bridgehead atoms. The minimum absolute atomic E-state index is 0.00292. The molecule has 4 rings (SSSR count). The van der Waals surface area contributed by atoms with Gasteiger partial charge >= 0.3 is 6.03 Å². The van der Waals surface area contributed by atoms with E-state index in [0.717, 1.165) is 24.2 Å². The first kappa shape index (κ1) is 22.5. The van der Waals surface area contributed by atoms with Gasteiger partial charge in [-0.25, -0.2) is 9.18 Å². The molecule has 3 aliphatic rings. The van der Waals surface area contributed by atoms with Gasteiger partial charge in [-0.15, -0.1) is 0 Å². The molecule has 2 saturated heterocycles. The van der Waals surface area contributed by atoms with Crippen molar-refractivity contribution in [2.75, 3.05) is 29.9 Å². The predicted octanol–water partition coefficient (Wildman–Crippen LogP) is 2.88.